The van der Waals surface area contributed by atoms with Crippen LogP contribution < -0.4 is 11.1 Å². The third-order valence-electron chi connectivity index (χ3n) is 3.29. The predicted molar refractivity (Wildman–Crippen MR) is 81.8 cm³/mol. The Kier molecular flexibility index (Phi) is 4.70. The minimum atomic E-state index is -0.125. The molecule has 6 nitrogen and oxygen atoms in total. The summed E-state index contributed by atoms with van der Waals surface area (Å²) in [6.07, 6.45) is 1.68. The second kappa shape index (κ2) is 6.49. The summed E-state index contributed by atoms with van der Waals surface area (Å²) in [6, 6.07) is 6.03. The smallest absolute Gasteiger partial charge is 0.246 e. The number of carbonyl (C=O) groups is 1. The molecule has 0 aliphatic heterocycles. The summed E-state index contributed by atoms with van der Waals surface area (Å²) < 4.78 is 1.49. The van der Waals surface area contributed by atoms with Crippen LogP contribution in [0.5, 0.6) is 0 Å². The summed E-state index contributed by atoms with van der Waals surface area (Å²) >= 11 is 0. The van der Waals surface area contributed by atoms with E-state index in [0.29, 0.717) is 18.2 Å². The van der Waals surface area contributed by atoms with Crippen molar-refractivity contribution >= 4 is 11.6 Å². The SMILES string of the molecule is Cc1cccc(C(C)C)c1NC(=O)Cn1cc(CN)nn1. The van der Waals surface area contributed by atoms with E-state index in [-0.39, 0.29) is 12.5 Å². The van der Waals surface area contributed by atoms with Crippen LogP contribution in [-0.4, -0.2) is 20.9 Å². The van der Waals surface area contributed by atoms with Crippen LogP contribution in [0.4, 0.5) is 5.69 Å². The van der Waals surface area contributed by atoms with E-state index in [1.54, 1.807) is 6.20 Å². The number of carbonyl (C=O) groups excluding carboxylic acids is 1. The zero-order chi connectivity index (χ0) is 15.4. The van der Waals surface area contributed by atoms with Gasteiger partial charge in [-0.3, -0.25) is 4.79 Å². The molecule has 2 rings (SSSR count). The van der Waals surface area contributed by atoms with Crippen molar-refractivity contribution in [2.45, 2.75) is 39.8 Å². The lowest BCUT2D eigenvalue weighted by atomic mass is 9.98. The van der Waals surface area contributed by atoms with Crippen molar-refractivity contribution in [3.8, 4) is 0 Å². The van der Waals surface area contributed by atoms with Crippen LogP contribution in [0.15, 0.2) is 24.4 Å². The predicted octanol–water partition coefficient (Wildman–Crippen LogP) is 1.81. The molecule has 0 saturated heterocycles. The molecule has 1 aromatic heterocycles. The number of amides is 1. The van der Waals surface area contributed by atoms with Gasteiger partial charge in [0.15, 0.2) is 0 Å². The van der Waals surface area contributed by atoms with Gasteiger partial charge in [0.25, 0.3) is 0 Å². The number of aryl methyl sites for hydroxylation is 1. The Bertz CT molecular complexity index is 633. The van der Waals surface area contributed by atoms with Crippen LogP contribution in [0.25, 0.3) is 0 Å². The molecule has 0 saturated carbocycles. The molecule has 0 bridgehead atoms. The molecule has 1 heterocycles. The molecule has 1 amide bonds. The Hall–Kier alpha value is -2.21. The Morgan fingerprint density at radius 3 is 2.81 bits per heavy atom. The first-order valence-electron chi connectivity index (χ1n) is 6.99. The van der Waals surface area contributed by atoms with Gasteiger partial charge in [0.05, 0.1) is 11.9 Å². The van der Waals surface area contributed by atoms with Crippen LogP contribution in [-0.2, 0) is 17.9 Å². The number of hydrogen-bond donors (Lipinski definition) is 2. The Morgan fingerprint density at radius 2 is 2.19 bits per heavy atom. The van der Waals surface area contributed by atoms with Gasteiger partial charge in [0, 0.05) is 12.2 Å². The van der Waals surface area contributed by atoms with E-state index in [9.17, 15) is 4.79 Å². The molecule has 21 heavy (non-hydrogen) atoms. The van der Waals surface area contributed by atoms with Gasteiger partial charge in [-0.25, -0.2) is 4.68 Å². The number of hydrogen-bond acceptors (Lipinski definition) is 4. The standard InChI is InChI=1S/C15H21N5O/c1-10(2)13-6-4-5-11(3)15(13)17-14(21)9-20-8-12(7-16)18-19-20/h4-6,8,10H,7,9,16H2,1-3H3,(H,17,21). The number of para-hydroxylation sites is 1. The lowest BCUT2D eigenvalue weighted by Gasteiger charge is -2.16. The lowest BCUT2D eigenvalue weighted by molar-refractivity contribution is -0.116. The van der Waals surface area contributed by atoms with Gasteiger partial charge in [-0.15, -0.1) is 5.10 Å². The maximum Gasteiger partial charge on any atom is 0.246 e. The molecule has 0 spiro atoms. The minimum absolute atomic E-state index is 0.124. The molecule has 0 radical (unpaired) electrons. The maximum absolute atomic E-state index is 12.2. The fourth-order valence-corrected chi connectivity index (χ4v) is 2.18. The van der Waals surface area contributed by atoms with E-state index in [4.69, 9.17) is 5.73 Å². The monoisotopic (exact) mass is 287 g/mol. The van der Waals surface area contributed by atoms with E-state index in [0.717, 1.165) is 16.8 Å². The van der Waals surface area contributed by atoms with E-state index in [1.807, 2.05) is 25.1 Å². The molecule has 6 heteroatoms. The summed E-state index contributed by atoms with van der Waals surface area (Å²) in [6.45, 7) is 6.64. The second-order valence-electron chi connectivity index (χ2n) is 5.35. The average Bonchev–Trinajstić information content (AvgIpc) is 2.88. The van der Waals surface area contributed by atoms with Gasteiger partial charge >= 0.3 is 0 Å². The second-order valence-corrected chi connectivity index (χ2v) is 5.35. The molecule has 0 aliphatic carbocycles. The maximum atomic E-state index is 12.2. The number of nitrogens with two attached hydrogens (primary N) is 1. The number of nitrogens with one attached hydrogen (secondary N) is 1. The molecule has 0 unspecified atom stereocenters. The molecule has 1 aromatic carbocycles. The molecule has 112 valence electrons. The summed E-state index contributed by atoms with van der Waals surface area (Å²) in [4.78, 5) is 12.2. The molecular weight excluding hydrogens is 266 g/mol. The van der Waals surface area contributed by atoms with Crippen molar-refractivity contribution in [3.63, 3.8) is 0 Å². The third-order valence-corrected chi connectivity index (χ3v) is 3.29. The van der Waals surface area contributed by atoms with Gasteiger partial charge in [-0.1, -0.05) is 37.3 Å². The Morgan fingerprint density at radius 1 is 1.43 bits per heavy atom. The summed E-state index contributed by atoms with van der Waals surface area (Å²) in [5, 5.41) is 10.7. The van der Waals surface area contributed by atoms with E-state index in [2.05, 4.69) is 29.5 Å². The summed E-state index contributed by atoms with van der Waals surface area (Å²) in [5.41, 5.74) is 9.21. The van der Waals surface area contributed by atoms with E-state index >= 15 is 0 Å². The van der Waals surface area contributed by atoms with Crippen molar-refractivity contribution in [1.82, 2.24) is 15.0 Å². The van der Waals surface area contributed by atoms with Gasteiger partial charge in [-0.05, 0) is 24.0 Å². The molecule has 0 aliphatic rings. The summed E-state index contributed by atoms with van der Waals surface area (Å²) in [5.74, 6) is 0.218. The third kappa shape index (κ3) is 3.66. The fraction of sp³-hybridized carbons (Fsp3) is 0.400. The highest BCUT2D eigenvalue weighted by Gasteiger charge is 2.12. The van der Waals surface area contributed by atoms with Gasteiger partial charge in [0.2, 0.25) is 5.91 Å². The largest absolute Gasteiger partial charge is 0.325 e. The first kappa shape index (κ1) is 15.2. The quantitative estimate of drug-likeness (QED) is 0.878. The van der Waals surface area contributed by atoms with Crippen LogP contribution in [0.3, 0.4) is 0 Å². The normalized spacial score (nSPS) is 10.9. The van der Waals surface area contributed by atoms with Gasteiger partial charge in [0.1, 0.15) is 6.54 Å². The van der Waals surface area contributed by atoms with Crippen LogP contribution in [0.1, 0.15) is 36.6 Å². The zero-order valence-electron chi connectivity index (χ0n) is 12.6. The van der Waals surface area contributed by atoms with Crippen molar-refractivity contribution < 1.29 is 4.79 Å². The number of rotatable bonds is 5. The van der Waals surface area contributed by atoms with Crippen molar-refractivity contribution in [2.75, 3.05) is 5.32 Å². The highest BCUT2D eigenvalue weighted by Crippen LogP contribution is 2.27. The van der Waals surface area contributed by atoms with Crippen LogP contribution in [0, 0.1) is 6.92 Å². The van der Waals surface area contributed by atoms with Crippen LogP contribution >= 0.6 is 0 Å². The molecule has 0 fully saturated rings. The minimum Gasteiger partial charge on any atom is -0.325 e. The molecule has 3 N–H and O–H groups in total. The van der Waals surface area contributed by atoms with E-state index in [1.165, 1.54) is 4.68 Å². The molecular formula is C15H21N5O. The fourth-order valence-electron chi connectivity index (χ4n) is 2.18. The topological polar surface area (TPSA) is 85.8 Å². The Labute approximate surface area is 124 Å². The highest BCUT2D eigenvalue weighted by molar-refractivity contribution is 5.92. The number of nitrogens with zero attached hydrogens (tertiary/aromatic N) is 3. The van der Waals surface area contributed by atoms with Crippen LogP contribution in [0.2, 0.25) is 0 Å². The number of benzene rings is 1. The number of aromatic nitrogens is 3. The molecule has 2 aromatic rings. The van der Waals surface area contributed by atoms with Crippen molar-refractivity contribution in [2.24, 2.45) is 5.73 Å². The lowest BCUT2D eigenvalue weighted by Crippen LogP contribution is -2.20. The number of anilines is 1. The van der Waals surface area contributed by atoms with E-state index < -0.39 is 0 Å². The van der Waals surface area contributed by atoms with Crippen molar-refractivity contribution in [1.29, 1.82) is 0 Å². The summed E-state index contributed by atoms with van der Waals surface area (Å²) in [7, 11) is 0. The first-order valence-corrected chi connectivity index (χ1v) is 6.99. The average molecular weight is 287 g/mol. The molecule has 0 atom stereocenters. The zero-order valence-corrected chi connectivity index (χ0v) is 12.6. The highest BCUT2D eigenvalue weighted by atomic mass is 16.2. The van der Waals surface area contributed by atoms with Gasteiger partial charge < -0.3 is 11.1 Å². The first-order chi connectivity index (χ1) is 10.0. The Balaban J connectivity index is 2.12. The van der Waals surface area contributed by atoms with Gasteiger partial charge in [-0.2, -0.15) is 0 Å². The van der Waals surface area contributed by atoms with Crippen molar-refractivity contribution in [3.05, 3.63) is 41.2 Å².